The van der Waals surface area contributed by atoms with Crippen molar-refractivity contribution in [2.45, 2.75) is 73.6 Å². The van der Waals surface area contributed by atoms with Crippen molar-refractivity contribution in [3.63, 3.8) is 0 Å². The highest BCUT2D eigenvalue weighted by atomic mass is 32.2. The van der Waals surface area contributed by atoms with E-state index in [1.54, 1.807) is 4.90 Å². The molecule has 2 aliphatic rings. The summed E-state index contributed by atoms with van der Waals surface area (Å²) in [4.78, 5) is 14.3. The highest BCUT2D eigenvalue weighted by Crippen LogP contribution is 2.37. The predicted molar refractivity (Wildman–Crippen MR) is 109 cm³/mol. The lowest BCUT2D eigenvalue weighted by Crippen LogP contribution is -2.51. The molecular formula is C19H25F4N3O3S2. The summed E-state index contributed by atoms with van der Waals surface area (Å²) in [5.41, 5.74) is -4.41. The van der Waals surface area contributed by atoms with E-state index in [9.17, 15) is 30.8 Å². The topological polar surface area (TPSA) is 78.5 Å². The SMILES string of the molecule is CS(=O)(=O)N[C@@H]1CCC[C@@H](N(C(=O)NCc2ccc(SC(F)(F)F)cc2F)C2CC2)C1. The first-order valence-electron chi connectivity index (χ1n) is 9.99. The van der Waals surface area contributed by atoms with Crippen molar-refractivity contribution in [1.29, 1.82) is 0 Å². The second-order valence-electron chi connectivity index (χ2n) is 8.01. The lowest BCUT2D eigenvalue weighted by atomic mass is 9.90. The molecule has 0 aliphatic heterocycles. The Morgan fingerprint density at radius 1 is 1.19 bits per heavy atom. The van der Waals surface area contributed by atoms with Crippen LogP contribution >= 0.6 is 11.8 Å². The second kappa shape index (κ2) is 9.53. The summed E-state index contributed by atoms with van der Waals surface area (Å²) >= 11 is -0.397. The first-order chi connectivity index (χ1) is 14.4. The van der Waals surface area contributed by atoms with Crippen LogP contribution in [0.4, 0.5) is 22.4 Å². The number of alkyl halides is 3. The average Bonchev–Trinajstić information content (AvgIpc) is 3.43. The van der Waals surface area contributed by atoms with E-state index in [4.69, 9.17) is 0 Å². The van der Waals surface area contributed by atoms with Crippen LogP contribution in [0.15, 0.2) is 23.1 Å². The maximum absolute atomic E-state index is 14.2. The van der Waals surface area contributed by atoms with Gasteiger partial charge in [0.1, 0.15) is 5.82 Å². The first kappa shape index (κ1) is 24.1. The molecule has 0 spiro atoms. The lowest BCUT2D eigenvalue weighted by Gasteiger charge is -2.37. The van der Waals surface area contributed by atoms with E-state index < -0.39 is 33.1 Å². The Kier molecular flexibility index (Phi) is 7.42. The highest BCUT2D eigenvalue weighted by Gasteiger charge is 2.39. The molecule has 2 N–H and O–H groups in total. The normalized spacial score (nSPS) is 22.2. The molecule has 0 heterocycles. The summed E-state index contributed by atoms with van der Waals surface area (Å²) in [6.07, 6.45) is 5.56. The molecule has 0 radical (unpaired) electrons. The maximum Gasteiger partial charge on any atom is 0.446 e. The maximum atomic E-state index is 14.2. The smallest absolute Gasteiger partial charge is 0.334 e. The van der Waals surface area contributed by atoms with E-state index >= 15 is 0 Å². The van der Waals surface area contributed by atoms with Crippen molar-refractivity contribution in [1.82, 2.24) is 14.9 Å². The minimum absolute atomic E-state index is 0.0670. The Morgan fingerprint density at radius 3 is 2.48 bits per heavy atom. The third-order valence-electron chi connectivity index (χ3n) is 5.28. The van der Waals surface area contributed by atoms with Gasteiger partial charge in [-0.05, 0) is 62.4 Å². The minimum Gasteiger partial charge on any atom is -0.334 e. The predicted octanol–water partition coefficient (Wildman–Crippen LogP) is 3.97. The largest absolute Gasteiger partial charge is 0.446 e. The van der Waals surface area contributed by atoms with Gasteiger partial charge in [0, 0.05) is 35.1 Å². The Balaban J connectivity index is 1.61. The van der Waals surface area contributed by atoms with Crippen molar-refractivity contribution in [2.75, 3.05) is 6.26 Å². The number of carbonyl (C=O) groups is 1. The number of thioether (sulfide) groups is 1. The molecular weight excluding hydrogens is 458 g/mol. The average molecular weight is 484 g/mol. The van der Waals surface area contributed by atoms with Crippen molar-refractivity contribution < 1.29 is 30.8 Å². The fourth-order valence-electron chi connectivity index (χ4n) is 3.94. The molecule has 1 aromatic rings. The summed E-state index contributed by atoms with van der Waals surface area (Å²) in [6, 6.07) is 2.54. The zero-order valence-electron chi connectivity index (χ0n) is 16.9. The van der Waals surface area contributed by atoms with Gasteiger partial charge in [-0.15, -0.1) is 0 Å². The molecule has 0 bridgehead atoms. The molecule has 6 nitrogen and oxygen atoms in total. The fraction of sp³-hybridized carbons (Fsp3) is 0.632. The van der Waals surface area contributed by atoms with E-state index in [-0.39, 0.29) is 41.2 Å². The van der Waals surface area contributed by atoms with Gasteiger partial charge in [-0.2, -0.15) is 13.2 Å². The monoisotopic (exact) mass is 483 g/mol. The van der Waals surface area contributed by atoms with E-state index in [0.717, 1.165) is 38.0 Å². The van der Waals surface area contributed by atoms with Gasteiger partial charge in [-0.25, -0.2) is 22.3 Å². The summed E-state index contributed by atoms with van der Waals surface area (Å²) in [7, 11) is -3.35. The summed E-state index contributed by atoms with van der Waals surface area (Å²) in [6.45, 7) is -0.150. The number of halogens is 4. The highest BCUT2D eigenvalue weighted by molar-refractivity contribution is 8.00. The number of sulfonamides is 1. The van der Waals surface area contributed by atoms with Crippen molar-refractivity contribution in [3.8, 4) is 0 Å². The standard InChI is InChI=1S/C19H25F4N3O3S2/c1-31(28,29)25-13-3-2-4-15(9-13)26(14-6-7-14)18(27)24-11-12-5-8-16(10-17(12)20)30-19(21,22)23/h5,8,10,13-15,25H,2-4,6-7,9,11H2,1H3,(H,24,27)/t13-,15-/m1/s1. The molecule has 0 saturated heterocycles. The first-order valence-corrected chi connectivity index (χ1v) is 12.7. The van der Waals surface area contributed by atoms with Crippen LogP contribution in [0.25, 0.3) is 0 Å². The van der Waals surface area contributed by atoms with Gasteiger partial charge in [0.15, 0.2) is 0 Å². The minimum atomic E-state index is -4.50. The zero-order chi connectivity index (χ0) is 22.8. The number of carbonyl (C=O) groups excluding carboxylic acids is 1. The molecule has 2 atom stereocenters. The van der Waals surface area contributed by atoms with E-state index in [1.807, 2.05) is 0 Å². The molecule has 2 fully saturated rings. The molecule has 31 heavy (non-hydrogen) atoms. The van der Waals surface area contributed by atoms with Crippen LogP contribution in [0.3, 0.4) is 0 Å². The summed E-state index contributed by atoms with van der Waals surface area (Å²) in [5, 5.41) is 2.67. The third-order valence-corrected chi connectivity index (χ3v) is 6.77. The molecule has 174 valence electrons. The number of nitrogens with zero attached hydrogens (tertiary/aromatic N) is 1. The Morgan fingerprint density at radius 2 is 1.90 bits per heavy atom. The van der Waals surface area contributed by atoms with Gasteiger partial charge in [0.2, 0.25) is 10.0 Å². The quantitative estimate of drug-likeness (QED) is 0.455. The number of urea groups is 1. The zero-order valence-corrected chi connectivity index (χ0v) is 18.5. The lowest BCUT2D eigenvalue weighted by molar-refractivity contribution is -0.0328. The van der Waals surface area contributed by atoms with Crippen LogP contribution in [0.1, 0.15) is 44.1 Å². The molecule has 2 amide bonds. The summed E-state index contributed by atoms with van der Waals surface area (Å²) < 4.78 is 77.2. The molecule has 1 aromatic carbocycles. The van der Waals surface area contributed by atoms with E-state index in [2.05, 4.69) is 10.0 Å². The Bertz CT molecular complexity index is 907. The number of rotatable bonds is 7. The number of hydrogen-bond acceptors (Lipinski definition) is 4. The molecule has 0 aromatic heterocycles. The Labute approximate surface area is 183 Å². The molecule has 12 heteroatoms. The van der Waals surface area contributed by atoms with Crippen LogP contribution in [-0.2, 0) is 16.6 Å². The van der Waals surface area contributed by atoms with Crippen molar-refractivity contribution in [2.24, 2.45) is 0 Å². The van der Waals surface area contributed by atoms with Crippen LogP contribution < -0.4 is 10.0 Å². The molecule has 2 saturated carbocycles. The van der Waals surface area contributed by atoms with Gasteiger partial charge in [-0.1, -0.05) is 6.07 Å². The van der Waals surface area contributed by atoms with Gasteiger partial charge < -0.3 is 10.2 Å². The van der Waals surface area contributed by atoms with Crippen LogP contribution in [-0.4, -0.2) is 49.2 Å². The van der Waals surface area contributed by atoms with Gasteiger partial charge in [0.05, 0.1) is 6.26 Å². The van der Waals surface area contributed by atoms with Gasteiger partial charge in [-0.3, -0.25) is 0 Å². The second-order valence-corrected chi connectivity index (χ2v) is 10.9. The number of hydrogen-bond donors (Lipinski definition) is 2. The van der Waals surface area contributed by atoms with Gasteiger partial charge >= 0.3 is 11.5 Å². The van der Waals surface area contributed by atoms with E-state index in [1.165, 1.54) is 12.1 Å². The molecule has 2 aliphatic carbocycles. The fourth-order valence-corrected chi connectivity index (χ4v) is 5.32. The summed E-state index contributed by atoms with van der Waals surface area (Å²) in [5.74, 6) is -0.817. The van der Waals surface area contributed by atoms with E-state index in [0.29, 0.717) is 12.8 Å². The molecule has 0 unspecified atom stereocenters. The third kappa shape index (κ3) is 7.53. The van der Waals surface area contributed by atoms with Crippen LogP contribution in [0.5, 0.6) is 0 Å². The molecule has 3 rings (SSSR count). The number of nitrogens with one attached hydrogen (secondary N) is 2. The number of benzene rings is 1. The number of amides is 2. The van der Waals surface area contributed by atoms with Gasteiger partial charge in [0.25, 0.3) is 0 Å². The van der Waals surface area contributed by atoms with Crippen molar-refractivity contribution >= 4 is 27.8 Å². The van der Waals surface area contributed by atoms with Crippen molar-refractivity contribution in [3.05, 3.63) is 29.6 Å². The van der Waals surface area contributed by atoms with Crippen LogP contribution in [0, 0.1) is 5.82 Å². The van der Waals surface area contributed by atoms with Crippen LogP contribution in [0.2, 0.25) is 0 Å². The Hall–Kier alpha value is -1.53.